The van der Waals surface area contributed by atoms with Crippen LogP contribution in [0.2, 0.25) is 0 Å². The SMILES string of the molecule is CC1CC=C2C3CCC[C@@](C)(C(=O)O)[C@H]3CC[C@H]2C1. The Morgan fingerprint density at radius 3 is 2.89 bits per heavy atom. The Morgan fingerprint density at radius 1 is 1.37 bits per heavy atom. The molecule has 1 N–H and O–H groups in total. The van der Waals surface area contributed by atoms with Crippen LogP contribution in [0, 0.1) is 29.1 Å². The number of allylic oxidation sites excluding steroid dienone is 2. The summed E-state index contributed by atoms with van der Waals surface area (Å²) in [5.74, 6) is 1.97. The monoisotopic (exact) mass is 262 g/mol. The fraction of sp³-hybridized carbons (Fsp3) is 0.824. The second kappa shape index (κ2) is 4.64. The molecule has 0 heterocycles. The van der Waals surface area contributed by atoms with Crippen molar-refractivity contribution >= 4 is 5.97 Å². The van der Waals surface area contributed by atoms with E-state index < -0.39 is 11.4 Å². The number of carboxylic acid groups (broad SMARTS) is 1. The molecule has 0 amide bonds. The van der Waals surface area contributed by atoms with Crippen LogP contribution in [0.25, 0.3) is 0 Å². The van der Waals surface area contributed by atoms with E-state index in [0.717, 1.165) is 31.1 Å². The van der Waals surface area contributed by atoms with E-state index in [1.165, 1.54) is 25.7 Å². The number of hydrogen-bond acceptors (Lipinski definition) is 1. The maximum absolute atomic E-state index is 11.7. The van der Waals surface area contributed by atoms with Crippen LogP contribution in [-0.4, -0.2) is 11.1 Å². The highest BCUT2D eigenvalue weighted by atomic mass is 16.4. The summed E-state index contributed by atoms with van der Waals surface area (Å²) in [6, 6.07) is 0. The number of aliphatic carboxylic acids is 1. The number of rotatable bonds is 1. The summed E-state index contributed by atoms with van der Waals surface area (Å²) >= 11 is 0. The molecule has 0 bridgehead atoms. The van der Waals surface area contributed by atoms with Crippen LogP contribution in [0.5, 0.6) is 0 Å². The Kier molecular flexibility index (Phi) is 3.23. The summed E-state index contributed by atoms with van der Waals surface area (Å²) in [5, 5.41) is 9.66. The zero-order valence-corrected chi connectivity index (χ0v) is 12.2. The average molecular weight is 262 g/mol. The van der Waals surface area contributed by atoms with Crippen molar-refractivity contribution in [2.45, 2.75) is 58.8 Å². The molecular weight excluding hydrogens is 236 g/mol. The summed E-state index contributed by atoms with van der Waals surface area (Å²) in [5.41, 5.74) is 1.17. The van der Waals surface area contributed by atoms with Crippen LogP contribution in [0.3, 0.4) is 0 Å². The van der Waals surface area contributed by atoms with E-state index in [9.17, 15) is 9.90 Å². The fourth-order valence-corrected chi connectivity index (χ4v) is 5.05. The molecular formula is C17H26O2. The Hall–Kier alpha value is -0.790. The van der Waals surface area contributed by atoms with Gasteiger partial charge < -0.3 is 5.11 Å². The molecule has 2 saturated carbocycles. The summed E-state index contributed by atoms with van der Waals surface area (Å²) in [6.45, 7) is 4.35. The third kappa shape index (κ3) is 2.04. The van der Waals surface area contributed by atoms with Crippen molar-refractivity contribution in [3.8, 4) is 0 Å². The third-order valence-corrected chi connectivity index (χ3v) is 6.17. The fourth-order valence-electron chi connectivity index (χ4n) is 5.05. The van der Waals surface area contributed by atoms with Crippen molar-refractivity contribution in [2.24, 2.45) is 29.1 Å². The van der Waals surface area contributed by atoms with E-state index in [2.05, 4.69) is 13.0 Å². The van der Waals surface area contributed by atoms with Gasteiger partial charge in [-0.15, -0.1) is 0 Å². The summed E-state index contributed by atoms with van der Waals surface area (Å²) < 4.78 is 0. The molecule has 3 aliphatic carbocycles. The summed E-state index contributed by atoms with van der Waals surface area (Å²) in [4.78, 5) is 11.7. The van der Waals surface area contributed by atoms with Gasteiger partial charge in [-0.1, -0.05) is 25.0 Å². The maximum atomic E-state index is 11.7. The van der Waals surface area contributed by atoms with Gasteiger partial charge in [-0.25, -0.2) is 0 Å². The van der Waals surface area contributed by atoms with Crippen molar-refractivity contribution in [1.29, 1.82) is 0 Å². The molecule has 5 atom stereocenters. The number of hydrogen-bond donors (Lipinski definition) is 1. The highest BCUT2D eigenvalue weighted by Gasteiger charge is 2.51. The van der Waals surface area contributed by atoms with E-state index >= 15 is 0 Å². The van der Waals surface area contributed by atoms with E-state index in [0.29, 0.717) is 11.8 Å². The van der Waals surface area contributed by atoms with Gasteiger partial charge in [0.05, 0.1) is 5.41 Å². The smallest absolute Gasteiger partial charge is 0.309 e. The molecule has 0 saturated heterocycles. The Labute approximate surface area is 116 Å². The zero-order chi connectivity index (χ0) is 13.6. The molecule has 0 aromatic heterocycles. The molecule has 2 heteroatoms. The van der Waals surface area contributed by atoms with E-state index in [-0.39, 0.29) is 0 Å². The lowest BCUT2D eigenvalue weighted by molar-refractivity contribution is -0.156. The molecule has 0 aromatic carbocycles. The quantitative estimate of drug-likeness (QED) is 0.717. The van der Waals surface area contributed by atoms with Gasteiger partial charge in [-0.05, 0) is 69.1 Å². The van der Waals surface area contributed by atoms with Gasteiger partial charge >= 0.3 is 5.97 Å². The minimum absolute atomic E-state index is 0.384. The lowest BCUT2D eigenvalue weighted by atomic mass is 9.53. The van der Waals surface area contributed by atoms with Gasteiger partial charge in [0.25, 0.3) is 0 Å². The van der Waals surface area contributed by atoms with E-state index in [1.807, 2.05) is 6.92 Å². The van der Waals surface area contributed by atoms with Crippen LogP contribution < -0.4 is 0 Å². The second-order valence-electron chi connectivity index (χ2n) is 7.38. The highest BCUT2D eigenvalue weighted by molar-refractivity contribution is 5.75. The van der Waals surface area contributed by atoms with Crippen LogP contribution >= 0.6 is 0 Å². The molecule has 19 heavy (non-hydrogen) atoms. The standard InChI is InChI=1S/C17H26O2/c1-11-5-7-13-12(10-11)6-8-15-14(13)4-3-9-17(15,2)16(18)19/h7,11-12,14-15H,3-6,8-10H2,1-2H3,(H,18,19)/t11?,12-,14?,15-,17+/m0/s1. The lowest BCUT2D eigenvalue weighted by Gasteiger charge is -2.50. The van der Waals surface area contributed by atoms with Crippen LogP contribution in [0.4, 0.5) is 0 Å². The Balaban J connectivity index is 1.90. The van der Waals surface area contributed by atoms with Crippen LogP contribution in [0.1, 0.15) is 58.8 Å². The first-order chi connectivity index (χ1) is 9.02. The predicted molar refractivity (Wildman–Crippen MR) is 75.8 cm³/mol. The average Bonchev–Trinajstić information content (AvgIpc) is 2.38. The third-order valence-electron chi connectivity index (χ3n) is 6.17. The summed E-state index contributed by atoms with van der Waals surface area (Å²) in [7, 11) is 0. The lowest BCUT2D eigenvalue weighted by Crippen LogP contribution is -2.47. The predicted octanol–water partition coefficient (Wildman–Crippen LogP) is 4.26. The van der Waals surface area contributed by atoms with Gasteiger partial charge in [-0.2, -0.15) is 0 Å². The van der Waals surface area contributed by atoms with Gasteiger partial charge in [0.15, 0.2) is 0 Å². The first kappa shape index (κ1) is 13.2. The first-order valence-corrected chi connectivity index (χ1v) is 7.95. The number of carbonyl (C=O) groups is 1. The van der Waals surface area contributed by atoms with Crippen LogP contribution in [0.15, 0.2) is 11.6 Å². The Bertz CT molecular complexity index is 411. The number of fused-ring (bicyclic) bond motifs is 3. The topological polar surface area (TPSA) is 37.3 Å². The van der Waals surface area contributed by atoms with Crippen LogP contribution in [-0.2, 0) is 4.79 Å². The molecule has 3 rings (SSSR count). The molecule has 2 unspecified atom stereocenters. The van der Waals surface area contributed by atoms with Gasteiger partial charge in [0.1, 0.15) is 0 Å². The highest BCUT2D eigenvalue weighted by Crippen LogP contribution is 2.56. The molecule has 0 radical (unpaired) electrons. The Morgan fingerprint density at radius 2 is 2.16 bits per heavy atom. The maximum Gasteiger partial charge on any atom is 0.309 e. The van der Waals surface area contributed by atoms with E-state index in [1.54, 1.807) is 5.57 Å². The van der Waals surface area contributed by atoms with Gasteiger partial charge in [0.2, 0.25) is 0 Å². The molecule has 0 aliphatic heterocycles. The zero-order valence-electron chi connectivity index (χ0n) is 12.2. The molecule has 3 aliphatic rings. The van der Waals surface area contributed by atoms with Gasteiger partial charge in [0, 0.05) is 0 Å². The molecule has 2 fully saturated rings. The minimum atomic E-state index is -0.564. The van der Waals surface area contributed by atoms with Crippen molar-refractivity contribution < 1.29 is 9.90 Å². The van der Waals surface area contributed by atoms with Crippen molar-refractivity contribution in [2.75, 3.05) is 0 Å². The molecule has 106 valence electrons. The first-order valence-electron chi connectivity index (χ1n) is 7.95. The van der Waals surface area contributed by atoms with E-state index in [4.69, 9.17) is 0 Å². The second-order valence-corrected chi connectivity index (χ2v) is 7.38. The van der Waals surface area contributed by atoms with Crippen molar-refractivity contribution in [3.05, 3.63) is 11.6 Å². The summed E-state index contributed by atoms with van der Waals surface area (Å²) in [6.07, 6.45) is 10.6. The minimum Gasteiger partial charge on any atom is -0.481 e. The molecule has 2 nitrogen and oxygen atoms in total. The van der Waals surface area contributed by atoms with Crippen molar-refractivity contribution in [3.63, 3.8) is 0 Å². The molecule has 0 aromatic rings. The normalized spacial score (nSPS) is 45.9. The molecule has 0 spiro atoms. The largest absolute Gasteiger partial charge is 0.481 e. The number of carboxylic acids is 1. The van der Waals surface area contributed by atoms with Crippen molar-refractivity contribution in [1.82, 2.24) is 0 Å². The van der Waals surface area contributed by atoms with Gasteiger partial charge in [-0.3, -0.25) is 4.79 Å².